The highest BCUT2D eigenvalue weighted by atomic mass is 16.3. The van der Waals surface area contributed by atoms with Crippen LogP contribution in [0.4, 0.5) is 0 Å². The Balaban J connectivity index is 2.45. The fraction of sp³-hybridized carbons (Fsp3) is 0.833. The van der Waals surface area contributed by atoms with Crippen molar-refractivity contribution in [2.75, 3.05) is 13.2 Å². The lowest BCUT2D eigenvalue weighted by Crippen LogP contribution is -2.45. The van der Waals surface area contributed by atoms with Crippen molar-refractivity contribution in [1.29, 1.82) is 0 Å². The number of aliphatic hydroxyl groups is 2. The highest BCUT2D eigenvalue weighted by molar-refractivity contribution is 5.79. The smallest absolute Gasteiger partial charge is 0.225 e. The van der Waals surface area contributed by atoms with E-state index in [1.807, 2.05) is 0 Å². The maximum absolute atomic E-state index is 10.8. The third-order valence-corrected chi connectivity index (χ3v) is 1.66. The Bertz CT molecular complexity index is 137. The van der Waals surface area contributed by atoms with E-state index in [1.54, 1.807) is 0 Å². The minimum atomic E-state index is -0.491. The van der Waals surface area contributed by atoms with Crippen molar-refractivity contribution in [2.45, 2.75) is 12.5 Å². The van der Waals surface area contributed by atoms with Crippen LogP contribution in [0.3, 0.4) is 0 Å². The molecule has 2 atom stereocenters. The zero-order valence-electron chi connectivity index (χ0n) is 5.58. The number of rotatable bonds is 1. The van der Waals surface area contributed by atoms with Gasteiger partial charge in [-0.2, -0.15) is 0 Å². The van der Waals surface area contributed by atoms with E-state index >= 15 is 0 Å². The number of piperidine rings is 1. The average Bonchev–Trinajstić information content (AvgIpc) is 1.94. The number of aliphatic hydroxyl groups excluding tert-OH is 2. The summed E-state index contributed by atoms with van der Waals surface area (Å²) in [5.41, 5.74) is 0. The van der Waals surface area contributed by atoms with Gasteiger partial charge in [-0.3, -0.25) is 4.79 Å². The van der Waals surface area contributed by atoms with Gasteiger partial charge in [0, 0.05) is 6.54 Å². The van der Waals surface area contributed by atoms with E-state index in [1.165, 1.54) is 0 Å². The van der Waals surface area contributed by atoms with Gasteiger partial charge in [0.25, 0.3) is 0 Å². The van der Waals surface area contributed by atoms with Crippen molar-refractivity contribution in [3.63, 3.8) is 0 Å². The summed E-state index contributed by atoms with van der Waals surface area (Å²) < 4.78 is 0. The molecule has 1 saturated heterocycles. The van der Waals surface area contributed by atoms with E-state index in [0.29, 0.717) is 13.0 Å². The molecule has 1 fully saturated rings. The number of carbonyl (C=O) groups excluding carboxylic acids is 1. The molecule has 0 aromatic rings. The van der Waals surface area contributed by atoms with Crippen LogP contribution in [0.1, 0.15) is 6.42 Å². The van der Waals surface area contributed by atoms with E-state index in [2.05, 4.69) is 5.32 Å². The van der Waals surface area contributed by atoms with Gasteiger partial charge in [-0.25, -0.2) is 0 Å². The van der Waals surface area contributed by atoms with Gasteiger partial charge in [0.1, 0.15) is 0 Å². The predicted molar refractivity (Wildman–Crippen MR) is 34.2 cm³/mol. The SMILES string of the molecule is O=C1NCC(O)CC1CO. The van der Waals surface area contributed by atoms with E-state index < -0.39 is 12.0 Å². The van der Waals surface area contributed by atoms with Crippen LogP contribution in [0.2, 0.25) is 0 Å². The van der Waals surface area contributed by atoms with Crippen LogP contribution in [-0.4, -0.2) is 35.4 Å². The van der Waals surface area contributed by atoms with Crippen molar-refractivity contribution >= 4 is 5.91 Å². The van der Waals surface area contributed by atoms with Gasteiger partial charge in [0.2, 0.25) is 5.91 Å². The third kappa shape index (κ3) is 1.46. The molecule has 0 aromatic carbocycles. The minimum absolute atomic E-state index is 0.159. The molecule has 4 nitrogen and oxygen atoms in total. The van der Waals surface area contributed by atoms with Crippen molar-refractivity contribution in [3.8, 4) is 0 Å². The maximum atomic E-state index is 10.8. The summed E-state index contributed by atoms with van der Waals surface area (Å²) in [7, 11) is 0. The first-order valence-corrected chi connectivity index (χ1v) is 3.30. The zero-order valence-corrected chi connectivity index (χ0v) is 5.58. The topological polar surface area (TPSA) is 69.6 Å². The molecule has 0 spiro atoms. The second-order valence-electron chi connectivity index (χ2n) is 2.51. The van der Waals surface area contributed by atoms with Crippen LogP contribution in [0.5, 0.6) is 0 Å². The highest BCUT2D eigenvalue weighted by Crippen LogP contribution is 2.10. The van der Waals surface area contributed by atoms with Crippen LogP contribution in [-0.2, 0) is 4.79 Å². The Morgan fingerprint density at radius 1 is 1.70 bits per heavy atom. The fourth-order valence-electron chi connectivity index (χ4n) is 1.04. The number of carbonyl (C=O) groups is 1. The number of nitrogens with one attached hydrogen (secondary N) is 1. The average molecular weight is 145 g/mol. The molecule has 3 N–H and O–H groups in total. The molecule has 10 heavy (non-hydrogen) atoms. The molecule has 1 aliphatic rings. The first-order valence-electron chi connectivity index (χ1n) is 3.30. The van der Waals surface area contributed by atoms with Crippen molar-refractivity contribution in [1.82, 2.24) is 5.32 Å². The molecular formula is C6H11NO3. The Labute approximate surface area is 58.9 Å². The third-order valence-electron chi connectivity index (χ3n) is 1.66. The molecule has 1 heterocycles. The quantitative estimate of drug-likeness (QED) is 0.419. The second kappa shape index (κ2) is 2.98. The van der Waals surface area contributed by atoms with Crippen LogP contribution < -0.4 is 5.32 Å². The lowest BCUT2D eigenvalue weighted by molar-refractivity contribution is -0.130. The summed E-state index contributed by atoms with van der Waals surface area (Å²) in [5.74, 6) is -0.573. The van der Waals surface area contributed by atoms with Gasteiger partial charge in [-0.05, 0) is 6.42 Å². The van der Waals surface area contributed by atoms with Gasteiger partial charge in [0.05, 0.1) is 18.6 Å². The molecule has 1 aliphatic heterocycles. The Morgan fingerprint density at radius 2 is 2.40 bits per heavy atom. The van der Waals surface area contributed by atoms with Crippen molar-refractivity contribution < 1.29 is 15.0 Å². The second-order valence-corrected chi connectivity index (χ2v) is 2.51. The van der Waals surface area contributed by atoms with Crippen LogP contribution >= 0.6 is 0 Å². The molecule has 0 saturated carbocycles. The molecule has 0 bridgehead atoms. The molecule has 1 amide bonds. The molecule has 2 unspecified atom stereocenters. The van der Waals surface area contributed by atoms with Gasteiger partial charge in [-0.15, -0.1) is 0 Å². The van der Waals surface area contributed by atoms with Crippen molar-refractivity contribution in [3.05, 3.63) is 0 Å². The Hall–Kier alpha value is -0.610. The van der Waals surface area contributed by atoms with Crippen LogP contribution in [0.25, 0.3) is 0 Å². The lowest BCUT2D eigenvalue weighted by atomic mass is 9.98. The molecule has 0 aliphatic carbocycles. The van der Waals surface area contributed by atoms with E-state index in [4.69, 9.17) is 10.2 Å². The number of amides is 1. The fourth-order valence-corrected chi connectivity index (χ4v) is 1.04. The van der Waals surface area contributed by atoms with Gasteiger partial charge in [-0.1, -0.05) is 0 Å². The van der Waals surface area contributed by atoms with Crippen LogP contribution in [0.15, 0.2) is 0 Å². The van der Waals surface area contributed by atoms with Gasteiger partial charge < -0.3 is 15.5 Å². The summed E-state index contributed by atoms with van der Waals surface area (Å²) >= 11 is 0. The molecule has 4 heteroatoms. The first-order chi connectivity index (χ1) is 4.74. The summed E-state index contributed by atoms with van der Waals surface area (Å²) in [6.07, 6.45) is -0.114. The monoisotopic (exact) mass is 145 g/mol. The first kappa shape index (κ1) is 7.50. The number of hydrogen-bond acceptors (Lipinski definition) is 3. The van der Waals surface area contributed by atoms with Crippen LogP contribution in [0, 0.1) is 5.92 Å². The number of β-amino-alcohol motifs (C(OH)–C–C–N with tert-alkyl or cyclic N) is 1. The summed E-state index contributed by atoms with van der Waals surface area (Å²) in [6.45, 7) is 0.137. The van der Waals surface area contributed by atoms with E-state index in [0.717, 1.165) is 0 Å². The maximum Gasteiger partial charge on any atom is 0.225 e. The zero-order chi connectivity index (χ0) is 7.56. The Kier molecular flexibility index (Phi) is 2.24. The molecular weight excluding hydrogens is 134 g/mol. The van der Waals surface area contributed by atoms with Gasteiger partial charge >= 0.3 is 0 Å². The molecule has 58 valence electrons. The highest BCUT2D eigenvalue weighted by Gasteiger charge is 2.26. The summed E-state index contributed by atoms with van der Waals surface area (Å²) in [6, 6.07) is 0. The Morgan fingerprint density at radius 3 is 2.90 bits per heavy atom. The molecule has 0 aromatic heterocycles. The largest absolute Gasteiger partial charge is 0.396 e. The number of hydrogen-bond donors (Lipinski definition) is 3. The van der Waals surface area contributed by atoms with E-state index in [-0.39, 0.29) is 12.5 Å². The van der Waals surface area contributed by atoms with Crippen molar-refractivity contribution in [2.24, 2.45) is 5.92 Å². The standard InChI is InChI=1S/C6H11NO3/c8-3-4-1-5(9)2-7-6(4)10/h4-5,8-9H,1-3H2,(H,7,10). The predicted octanol–water partition coefficient (Wildman–Crippen LogP) is -1.52. The normalized spacial score (nSPS) is 33.6. The van der Waals surface area contributed by atoms with E-state index in [9.17, 15) is 4.79 Å². The van der Waals surface area contributed by atoms with Gasteiger partial charge in [0.15, 0.2) is 0 Å². The molecule has 1 rings (SSSR count). The summed E-state index contributed by atoms with van der Waals surface area (Å²) in [5, 5.41) is 20.1. The summed E-state index contributed by atoms with van der Waals surface area (Å²) in [4.78, 5) is 10.8. The molecule has 0 radical (unpaired) electrons. The minimum Gasteiger partial charge on any atom is -0.396 e. The lowest BCUT2D eigenvalue weighted by Gasteiger charge is -2.23.